The number of fused-ring (bicyclic) bond motifs is 2. The van der Waals surface area contributed by atoms with E-state index >= 15 is 0 Å². The van der Waals surface area contributed by atoms with Gasteiger partial charge in [-0.25, -0.2) is 4.98 Å². The number of ketones is 1. The molecule has 3 atom stereocenters. The minimum atomic E-state index is -0.450. The molecule has 3 heterocycles. The van der Waals surface area contributed by atoms with Crippen LogP contribution in [0.3, 0.4) is 0 Å². The van der Waals surface area contributed by atoms with Crippen molar-refractivity contribution >= 4 is 33.2 Å². The molecule has 2 aliphatic heterocycles. The van der Waals surface area contributed by atoms with Gasteiger partial charge in [0.1, 0.15) is 11.4 Å². The lowest BCUT2D eigenvalue weighted by Crippen LogP contribution is -2.32. The predicted octanol–water partition coefficient (Wildman–Crippen LogP) is 6.07. The minimum Gasteiger partial charge on any atom is -0.358 e. The van der Waals surface area contributed by atoms with Crippen LogP contribution in [0.1, 0.15) is 89.6 Å². The Hall–Kier alpha value is -1.79. The number of nitrogens with one attached hydrogen (secondary N) is 1. The number of amides is 1. The number of epoxide rings is 1. The number of aromatic nitrogens is 1. The van der Waals surface area contributed by atoms with Gasteiger partial charge in [0.2, 0.25) is 5.91 Å². The largest absolute Gasteiger partial charge is 0.358 e. The van der Waals surface area contributed by atoms with Gasteiger partial charge in [-0.05, 0) is 56.7 Å². The van der Waals surface area contributed by atoms with E-state index in [4.69, 9.17) is 9.72 Å². The second kappa shape index (κ2) is 9.10. The molecule has 4 rings (SSSR count). The second-order valence-electron chi connectivity index (χ2n) is 11.0. The third kappa shape index (κ3) is 5.02. The normalized spacial score (nSPS) is 31.7. The van der Waals surface area contributed by atoms with Crippen LogP contribution < -0.4 is 5.32 Å². The lowest BCUT2D eigenvalue weighted by molar-refractivity contribution is -0.128. The Morgan fingerprint density at radius 2 is 1.88 bits per heavy atom. The predicted molar refractivity (Wildman–Crippen MR) is 133 cm³/mol. The average molecular weight is 471 g/mol. The average Bonchev–Trinajstić information content (AvgIpc) is 3.16. The van der Waals surface area contributed by atoms with Crippen LogP contribution in [0.2, 0.25) is 0 Å². The summed E-state index contributed by atoms with van der Waals surface area (Å²) in [5.41, 5.74) is 1.11. The summed E-state index contributed by atoms with van der Waals surface area (Å²) in [6.45, 7) is 11.0. The fraction of sp³-hybridized carbons (Fsp3) is 0.667. The summed E-state index contributed by atoms with van der Waals surface area (Å²) in [7, 11) is 0. The number of hydrogen-bond donors (Lipinski definition) is 1. The number of ether oxygens (including phenoxy) is 1. The number of aryl methyl sites for hydroxylation is 1. The van der Waals surface area contributed by atoms with Crippen molar-refractivity contribution in [2.75, 3.05) is 6.54 Å². The molecule has 1 N–H and O–H groups in total. The Balaban J connectivity index is 1.55. The maximum Gasteiger partial charge on any atom is 0.220 e. The van der Waals surface area contributed by atoms with Crippen LogP contribution in [0.25, 0.3) is 10.2 Å². The first kappa shape index (κ1) is 24.3. The lowest BCUT2D eigenvalue weighted by Gasteiger charge is -2.24. The molecule has 1 amide bonds. The van der Waals surface area contributed by atoms with Crippen LogP contribution in [0.4, 0.5) is 0 Å². The molecular formula is C27H38N2O3S. The second-order valence-corrected chi connectivity index (χ2v) is 12.3. The van der Waals surface area contributed by atoms with E-state index in [0.29, 0.717) is 31.7 Å². The Kier molecular flexibility index (Phi) is 6.71. The monoisotopic (exact) mass is 470 g/mol. The van der Waals surface area contributed by atoms with Crippen molar-refractivity contribution in [1.82, 2.24) is 10.3 Å². The summed E-state index contributed by atoms with van der Waals surface area (Å²) in [6, 6.07) is 6.52. The number of rotatable bonds is 1. The van der Waals surface area contributed by atoms with Gasteiger partial charge in [0.15, 0.2) is 0 Å². The molecule has 33 heavy (non-hydrogen) atoms. The van der Waals surface area contributed by atoms with Crippen molar-refractivity contribution in [3.05, 3.63) is 28.8 Å². The maximum atomic E-state index is 12.7. The fourth-order valence-corrected chi connectivity index (χ4v) is 6.22. The number of hydrogen-bond acceptors (Lipinski definition) is 5. The highest BCUT2D eigenvalue weighted by Crippen LogP contribution is 2.60. The van der Waals surface area contributed by atoms with Gasteiger partial charge >= 0.3 is 0 Å². The standard InChI is InChI=1S/C27H38N2O3S/c1-18-7-6-13-26(5)27(32-26,20-9-10-22-21(17-20)29-19(2)33-22)15-16-28-24(31)12-14-25(3,4)23(30)11-8-18/h9-10,17-18H,6-8,11-16H2,1-5H3,(H,28,31). The van der Waals surface area contributed by atoms with Crippen LogP contribution >= 0.6 is 11.3 Å². The van der Waals surface area contributed by atoms with Crippen LogP contribution in [-0.4, -0.2) is 28.8 Å². The summed E-state index contributed by atoms with van der Waals surface area (Å²) in [5.74, 6) is 0.796. The number of benzene rings is 1. The molecule has 0 spiro atoms. The van der Waals surface area contributed by atoms with Crippen molar-refractivity contribution in [2.24, 2.45) is 11.3 Å². The van der Waals surface area contributed by atoms with Crippen molar-refractivity contribution in [1.29, 1.82) is 0 Å². The zero-order chi connectivity index (χ0) is 23.9. The Morgan fingerprint density at radius 3 is 2.67 bits per heavy atom. The van der Waals surface area contributed by atoms with E-state index in [9.17, 15) is 9.59 Å². The van der Waals surface area contributed by atoms with Gasteiger partial charge in [0.25, 0.3) is 0 Å². The lowest BCUT2D eigenvalue weighted by atomic mass is 9.79. The topological polar surface area (TPSA) is 71.6 Å². The zero-order valence-corrected chi connectivity index (χ0v) is 21.6. The third-order valence-electron chi connectivity index (χ3n) is 7.92. The van der Waals surface area contributed by atoms with Crippen molar-refractivity contribution in [3.8, 4) is 0 Å². The fourth-order valence-electron chi connectivity index (χ4n) is 5.41. The number of carbonyl (C=O) groups excluding carboxylic acids is 2. The van der Waals surface area contributed by atoms with E-state index in [1.54, 1.807) is 11.3 Å². The van der Waals surface area contributed by atoms with Crippen LogP contribution in [-0.2, 0) is 19.9 Å². The van der Waals surface area contributed by atoms with Crippen LogP contribution in [0.15, 0.2) is 18.2 Å². The van der Waals surface area contributed by atoms with E-state index in [1.807, 2.05) is 20.8 Å². The molecule has 2 saturated heterocycles. The highest BCUT2D eigenvalue weighted by atomic mass is 32.1. The SMILES string of the molecule is Cc1nc2cc(C34CCNC(=O)CCC(C)(C)C(=O)CCC(C)CCCC3(C)O4)ccc2s1. The van der Waals surface area contributed by atoms with Crippen LogP contribution in [0, 0.1) is 18.3 Å². The number of Topliss-reactive ketones (excluding diaryl/α,β-unsaturated/α-hetero) is 1. The molecule has 180 valence electrons. The van der Waals surface area contributed by atoms with E-state index in [2.05, 4.69) is 37.4 Å². The number of nitrogens with zero attached hydrogens (tertiary/aromatic N) is 1. The van der Waals surface area contributed by atoms with Crippen molar-refractivity contribution < 1.29 is 14.3 Å². The third-order valence-corrected chi connectivity index (χ3v) is 8.87. The smallest absolute Gasteiger partial charge is 0.220 e. The highest BCUT2D eigenvalue weighted by molar-refractivity contribution is 7.18. The first-order valence-corrected chi connectivity index (χ1v) is 13.2. The summed E-state index contributed by atoms with van der Waals surface area (Å²) in [6.07, 6.45) is 6.36. The molecule has 0 saturated carbocycles. The Morgan fingerprint density at radius 1 is 1.09 bits per heavy atom. The van der Waals surface area contributed by atoms with Gasteiger partial charge in [-0.2, -0.15) is 0 Å². The highest BCUT2D eigenvalue weighted by Gasteiger charge is 2.66. The molecule has 2 aromatic rings. The van der Waals surface area contributed by atoms with Crippen LogP contribution in [0.5, 0.6) is 0 Å². The summed E-state index contributed by atoms with van der Waals surface area (Å²) in [5, 5.41) is 4.16. The minimum absolute atomic E-state index is 0.0134. The van der Waals surface area contributed by atoms with E-state index in [-0.39, 0.29) is 22.9 Å². The van der Waals surface area contributed by atoms with Gasteiger partial charge < -0.3 is 10.1 Å². The van der Waals surface area contributed by atoms with Crippen molar-refractivity contribution in [3.63, 3.8) is 0 Å². The first-order valence-electron chi connectivity index (χ1n) is 12.4. The maximum absolute atomic E-state index is 12.7. The first-order chi connectivity index (χ1) is 15.5. The Bertz CT molecular complexity index is 1050. The van der Waals surface area contributed by atoms with Gasteiger partial charge in [0, 0.05) is 31.2 Å². The van der Waals surface area contributed by atoms with Gasteiger partial charge in [-0.3, -0.25) is 9.59 Å². The molecule has 0 aliphatic carbocycles. The molecule has 1 aromatic heterocycles. The molecule has 0 bridgehead atoms. The molecule has 2 fully saturated rings. The quantitative estimate of drug-likeness (QED) is 0.513. The molecule has 1 aromatic carbocycles. The number of carbonyl (C=O) groups is 2. The molecule has 3 unspecified atom stereocenters. The van der Waals surface area contributed by atoms with E-state index in [0.717, 1.165) is 48.2 Å². The molecular weight excluding hydrogens is 432 g/mol. The molecule has 5 nitrogen and oxygen atoms in total. The van der Waals surface area contributed by atoms with Crippen molar-refractivity contribution in [2.45, 2.75) is 97.2 Å². The van der Waals surface area contributed by atoms with Gasteiger partial charge in [-0.1, -0.05) is 39.7 Å². The zero-order valence-electron chi connectivity index (χ0n) is 20.8. The van der Waals surface area contributed by atoms with Gasteiger partial charge in [0.05, 0.1) is 20.8 Å². The van der Waals surface area contributed by atoms with E-state index in [1.165, 1.54) is 4.70 Å². The van der Waals surface area contributed by atoms with Gasteiger partial charge in [-0.15, -0.1) is 11.3 Å². The number of thiazole rings is 1. The summed E-state index contributed by atoms with van der Waals surface area (Å²) < 4.78 is 7.75. The molecule has 2 aliphatic rings. The Labute approximate surface area is 201 Å². The summed E-state index contributed by atoms with van der Waals surface area (Å²) in [4.78, 5) is 30.0. The summed E-state index contributed by atoms with van der Waals surface area (Å²) >= 11 is 1.71. The van der Waals surface area contributed by atoms with E-state index < -0.39 is 5.41 Å². The molecule has 6 heteroatoms. The molecule has 0 radical (unpaired) electrons.